The summed E-state index contributed by atoms with van der Waals surface area (Å²) in [5, 5.41) is 0.906. The van der Waals surface area contributed by atoms with Gasteiger partial charge in [-0.25, -0.2) is 4.98 Å². The first-order chi connectivity index (χ1) is 5.68. The fourth-order valence-corrected chi connectivity index (χ4v) is 1.49. The second-order valence-corrected chi connectivity index (χ2v) is 4.03. The Morgan fingerprint density at radius 1 is 1.50 bits per heavy atom. The summed E-state index contributed by atoms with van der Waals surface area (Å²) in [6, 6.07) is 0. The number of aromatic nitrogens is 2. The molecule has 0 aliphatic rings. The van der Waals surface area contributed by atoms with Gasteiger partial charge in [-0.2, -0.15) is 0 Å². The van der Waals surface area contributed by atoms with Crippen molar-refractivity contribution >= 4 is 17.6 Å². The normalized spacial score (nSPS) is 10.6. The molecule has 2 N–H and O–H groups in total. The number of hydrogen-bond acceptors (Lipinski definition) is 4. The van der Waals surface area contributed by atoms with Crippen molar-refractivity contribution in [1.29, 1.82) is 0 Å². The Morgan fingerprint density at radius 3 is 2.83 bits per heavy atom. The average molecular weight is 183 g/mol. The van der Waals surface area contributed by atoms with E-state index in [9.17, 15) is 0 Å². The summed E-state index contributed by atoms with van der Waals surface area (Å²) in [5.74, 6) is 2.21. The van der Waals surface area contributed by atoms with Gasteiger partial charge in [0.1, 0.15) is 10.8 Å². The van der Waals surface area contributed by atoms with Crippen molar-refractivity contribution in [2.24, 2.45) is 5.92 Å². The maximum atomic E-state index is 5.48. The molecule has 1 heterocycles. The van der Waals surface area contributed by atoms with Crippen molar-refractivity contribution in [2.45, 2.75) is 18.9 Å². The summed E-state index contributed by atoms with van der Waals surface area (Å²) < 4.78 is 0. The zero-order valence-electron chi connectivity index (χ0n) is 7.32. The highest BCUT2D eigenvalue weighted by Crippen LogP contribution is 2.17. The van der Waals surface area contributed by atoms with Crippen LogP contribution < -0.4 is 5.73 Å². The Labute approximate surface area is 76.8 Å². The van der Waals surface area contributed by atoms with Gasteiger partial charge >= 0.3 is 0 Å². The Bertz CT molecular complexity index is 250. The smallest absolute Gasteiger partial charge is 0.143 e. The van der Waals surface area contributed by atoms with Crippen LogP contribution in [0.15, 0.2) is 17.4 Å². The second-order valence-electron chi connectivity index (χ2n) is 2.99. The molecule has 4 heteroatoms. The van der Waals surface area contributed by atoms with Crippen LogP contribution in [0.3, 0.4) is 0 Å². The van der Waals surface area contributed by atoms with E-state index in [-0.39, 0.29) is 0 Å². The predicted octanol–water partition coefficient (Wildman–Crippen LogP) is 1.81. The van der Waals surface area contributed by atoms with Crippen molar-refractivity contribution in [3.8, 4) is 0 Å². The van der Waals surface area contributed by atoms with Gasteiger partial charge in [0.05, 0.1) is 12.4 Å². The minimum atomic E-state index is 0.490. The third kappa shape index (κ3) is 3.09. The molecule has 0 radical (unpaired) electrons. The summed E-state index contributed by atoms with van der Waals surface area (Å²) in [6.07, 6.45) is 3.29. The van der Waals surface area contributed by atoms with Gasteiger partial charge in [-0.3, -0.25) is 4.98 Å². The molecule has 0 bridgehead atoms. The van der Waals surface area contributed by atoms with Gasteiger partial charge in [0.25, 0.3) is 0 Å². The van der Waals surface area contributed by atoms with E-state index >= 15 is 0 Å². The van der Waals surface area contributed by atoms with Crippen molar-refractivity contribution < 1.29 is 0 Å². The molecule has 0 saturated carbocycles. The van der Waals surface area contributed by atoms with E-state index in [1.165, 1.54) is 0 Å². The lowest BCUT2D eigenvalue weighted by atomic mass is 10.3. The lowest BCUT2D eigenvalue weighted by Gasteiger charge is -2.02. The molecule has 12 heavy (non-hydrogen) atoms. The van der Waals surface area contributed by atoms with Crippen LogP contribution >= 0.6 is 11.8 Å². The highest BCUT2D eigenvalue weighted by atomic mass is 32.2. The molecule has 0 saturated heterocycles. The lowest BCUT2D eigenvalue weighted by molar-refractivity contribution is 0.749. The van der Waals surface area contributed by atoms with Gasteiger partial charge in [0.15, 0.2) is 0 Å². The molecule has 3 nitrogen and oxygen atoms in total. The summed E-state index contributed by atoms with van der Waals surface area (Å²) in [7, 11) is 0. The van der Waals surface area contributed by atoms with E-state index in [1.807, 2.05) is 0 Å². The van der Waals surface area contributed by atoms with Crippen LogP contribution in [-0.2, 0) is 0 Å². The number of nitrogens with zero attached hydrogens (tertiary/aromatic N) is 2. The Kier molecular flexibility index (Phi) is 3.34. The van der Waals surface area contributed by atoms with Crippen LogP contribution in [-0.4, -0.2) is 15.7 Å². The molecule has 1 aromatic rings. The highest BCUT2D eigenvalue weighted by Gasteiger charge is 1.98. The SMILES string of the molecule is CC(C)CSc1cncc(N)n1. The highest BCUT2D eigenvalue weighted by molar-refractivity contribution is 7.99. The number of thioether (sulfide) groups is 1. The molecule has 66 valence electrons. The monoisotopic (exact) mass is 183 g/mol. The van der Waals surface area contributed by atoms with Gasteiger partial charge in [-0.1, -0.05) is 13.8 Å². The van der Waals surface area contributed by atoms with E-state index in [4.69, 9.17) is 5.73 Å². The number of hydrogen-bond donors (Lipinski definition) is 1. The molecular formula is C8H13N3S. The standard InChI is InChI=1S/C8H13N3S/c1-6(2)5-12-8-4-10-3-7(9)11-8/h3-4,6H,5H2,1-2H3,(H2,9,11). The first kappa shape index (κ1) is 9.32. The van der Waals surface area contributed by atoms with Crippen LogP contribution in [0.25, 0.3) is 0 Å². The molecule has 0 aliphatic heterocycles. The van der Waals surface area contributed by atoms with E-state index in [2.05, 4.69) is 23.8 Å². The fraction of sp³-hybridized carbons (Fsp3) is 0.500. The van der Waals surface area contributed by atoms with Crippen molar-refractivity contribution in [2.75, 3.05) is 11.5 Å². The first-order valence-corrected chi connectivity index (χ1v) is 4.87. The molecular weight excluding hydrogens is 170 g/mol. The Hall–Kier alpha value is -0.770. The first-order valence-electron chi connectivity index (χ1n) is 3.89. The third-order valence-electron chi connectivity index (χ3n) is 1.20. The maximum Gasteiger partial charge on any atom is 0.143 e. The molecule has 0 aliphatic carbocycles. The van der Waals surface area contributed by atoms with Crippen LogP contribution in [0.4, 0.5) is 5.82 Å². The molecule has 0 amide bonds. The van der Waals surface area contributed by atoms with E-state index in [0.29, 0.717) is 11.7 Å². The summed E-state index contributed by atoms with van der Waals surface area (Å²) in [5.41, 5.74) is 5.48. The predicted molar refractivity (Wildman–Crippen MR) is 52.0 cm³/mol. The van der Waals surface area contributed by atoms with Crippen LogP contribution in [0.1, 0.15) is 13.8 Å². The van der Waals surface area contributed by atoms with Crippen LogP contribution in [0.5, 0.6) is 0 Å². The molecule has 1 aromatic heterocycles. The van der Waals surface area contributed by atoms with Gasteiger partial charge < -0.3 is 5.73 Å². The molecule has 0 fully saturated rings. The number of rotatable bonds is 3. The summed E-state index contributed by atoms with van der Waals surface area (Å²) in [6.45, 7) is 4.35. The third-order valence-corrected chi connectivity index (χ3v) is 2.52. The van der Waals surface area contributed by atoms with Crippen molar-refractivity contribution in [3.05, 3.63) is 12.4 Å². The van der Waals surface area contributed by atoms with Crippen LogP contribution in [0, 0.1) is 5.92 Å². The maximum absolute atomic E-state index is 5.48. The molecule has 1 rings (SSSR count). The zero-order chi connectivity index (χ0) is 8.97. The molecule has 0 aromatic carbocycles. The van der Waals surface area contributed by atoms with E-state index < -0.39 is 0 Å². The minimum absolute atomic E-state index is 0.490. The molecule has 0 spiro atoms. The van der Waals surface area contributed by atoms with Crippen molar-refractivity contribution in [3.63, 3.8) is 0 Å². The average Bonchev–Trinajstić information content (AvgIpc) is 2.01. The topological polar surface area (TPSA) is 51.8 Å². The van der Waals surface area contributed by atoms with Crippen molar-refractivity contribution in [1.82, 2.24) is 9.97 Å². The van der Waals surface area contributed by atoms with Gasteiger partial charge in [-0.15, -0.1) is 11.8 Å². The Balaban J connectivity index is 2.52. The van der Waals surface area contributed by atoms with Crippen LogP contribution in [0.2, 0.25) is 0 Å². The minimum Gasteiger partial charge on any atom is -0.382 e. The number of anilines is 1. The summed E-state index contributed by atoms with van der Waals surface area (Å²) in [4.78, 5) is 8.08. The Morgan fingerprint density at radius 2 is 2.25 bits per heavy atom. The quantitative estimate of drug-likeness (QED) is 0.726. The number of nitrogens with two attached hydrogens (primary N) is 1. The largest absolute Gasteiger partial charge is 0.382 e. The van der Waals surface area contributed by atoms with Gasteiger partial charge in [0.2, 0.25) is 0 Å². The second kappa shape index (κ2) is 4.30. The molecule has 0 unspecified atom stereocenters. The zero-order valence-corrected chi connectivity index (χ0v) is 8.14. The van der Waals surface area contributed by atoms with Gasteiger partial charge in [0, 0.05) is 5.75 Å². The fourth-order valence-electron chi connectivity index (χ4n) is 0.684. The van der Waals surface area contributed by atoms with E-state index in [0.717, 1.165) is 10.8 Å². The van der Waals surface area contributed by atoms with Gasteiger partial charge in [-0.05, 0) is 5.92 Å². The number of nitrogen functional groups attached to an aromatic ring is 1. The lowest BCUT2D eigenvalue weighted by Crippen LogP contribution is -1.95. The van der Waals surface area contributed by atoms with E-state index in [1.54, 1.807) is 24.2 Å². The molecule has 0 atom stereocenters. The summed E-state index contributed by atoms with van der Waals surface area (Å²) >= 11 is 1.69.